The van der Waals surface area contributed by atoms with Gasteiger partial charge in [0.15, 0.2) is 0 Å². The molecule has 0 bridgehead atoms. The Labute approximate surface area is 190 Å². The van der Waals surface area contributed by atoms with E-state index in [1.165, 1.54) is 14.2 Å². The van der Waals surface area contributed by atoms with Crippen molar-refractivity contribution < 1.29 is 24.1 Å². The number of rotatable bonds is 5. The van der Waals surface area contributed by atoms with Gasteiger partial charge in [0, 0.05) is 26.0 Å². The number of Topliss-reactive ketones (excluding diaryl/α,β-unsaturated/α-hetero) is 1. The number of hydrogen-bond donors (Lipinski definition) is 1. The van der Waals surface area contributed by atoms with Crippen molar-refractivity contribution in [1.29, 1.82) is 0 Å². The third-order valence-corrected chi connectivity index (χ3v) is 5.86. The van der Waals surface area contributed by atoms with Gasteiger partial charge >= 0.3 is 11.6 Å². The van der Waals surface area contributed by atoms with Crippen molar-refractivity contribution in [1.82, 2.24) is 9.78 Å². The van der Waals surface area contributed by atoms with E-state index in [-0.39, 0.29) is 11.3 Å². The Morgan fingerprint density at radius 3 is 2.18 bits per heavy atom. The molecule has 0 radical (unpaired) electrons. The predicted molar refractivity (Wildman–Crippen MR) is 121 cm³/mol. The fourth-order valence-electron chi connectivity index (χ4n) is 4.19. The van der Waals surface area contributed by atoms with Crippen molar-refractivity contribution in [2.45, 2.75) is 11.6 Å². The number of ether oxygens (including phenoxy) is 3. The molecule has 1 aliphatic heterocycles. The van der Waals surface area contributed by atoms with Crippen LogP contribution in [0.3, 0.4) is 0 Å². The summed E-state index contributed by atoms with van der Waals surface area (Å²) in [5, 5.41) is 16.4. The molecule has 2 unspecified atom stereocenters. The van der Waals surface area contributed by atoms with E-state index in [4.69, 9.17) is 19.3 Å². The number of fused-ring (bicyclic) bond motifs is 1. The van der Waals surface area contributed by atoms with Crippen molar-refractivity contribution >= 4 is 5.78 Å². The maximum atomic E-state index is 13.5. The first-order chi connectivity index (χ1) is 16.0. The predicted octanol–water partition coefficient (Wildman–Crippen LogP) is 3.95. The fraction of sp³-hybridized carbons (Fsp3) is 0.154. The zero-order valence-electron chi connectivity index (χ0n) is 18.1. The van der Waals surface area contributed by atoms with Crippen LogP contribution in [-0.2, 0) is 15.3 Å². The second kappa shape index (κ2) is 7.97. The van der Waals surface area contributed by atoms with Gasteiger partial charge in [-0.2, -0.15) is 5.10 Å². The number of methoxy groups -OCH3 is 2. The summed E-state index contributed by atoms with van der Waals surface area (Å²) in [4.78, 5) is 13.5. The molecule has 1 aliphatic rings. The number of aromatic nitrogens is 2. The molecule has 4 aromatic rings. The fourth-order valence-corrected chi connectivity index (χ4v) is 4.19. The summed E-state index contributed by atoms with van der Waals surface area (Å²) in [6, 6.07) is 25.6. The van der Waals surface area contributed by atoms with Gasteiger partial charge in [0.25, 0.3) is 0 Å². The Bertz CT molecular complexity index is 1300. The molecule has 5 rings (SSSR count). The van der Waals surface area contributed by atoms with Crippen LogP contribution in [0, 0.1) is 0 Å². The van der Waals surface area contributed by atoms with E-state index < -0.39 is 17.4 Å². The molecule has 0 saturated carbocycles. The highest BCUT2D eigenvalue weighted by Gasteiger charge is 2.66. The normalized spacial score (nSPS) is 22.0. The van der Waals surface area contributed by atoms with Crippen LogP contribution in [-0.4, -0.2) is 40.7 Å². The summed E-state index contributed by atoms with van der Waals surface area (Å²) in [6.45, 7) is 0. The second-order valence-corrected chi connectivity index (χ2v) is 7.63. The Morgan fingerprint density at radius 2 is 1.52 bits per heavy atom. The Hall–Kier alpha value is -3.78. The molecule has 1 aromatic heterocycles. The zero-order chi connectivity index (χ0) is 23.1. The third kappa shape index (κ3) is 3.09. The van der Waals surface area contributed by atoms with Crippen LogP contribution >= 0.6 is 0 Å². The van der Waals surface area contributed by atoms with Crippen LogP contribution in [0.1, 0.15) is 15.9 Å². The van der Waals surface area contributed by atoms with Gasteiger partial charge in [-0.25, -0.2) is 4.68 Å². The minimum Gasteiger partial charge on any atom is -0.451 e. The number of nitrogens with zero attached hydrogens (tertiary/aromatic N) is 2. The summed E-state index contributed by atoms with van der Waals surface area (Å²) in [5.74, 6) is -4.88. The number of ketones is 1. The number of carbonyl (C=O) groups is 1. The quantitative estimate of drug-likeness (QED) is 0.472. The van der Waals surface area contributed by atoms with E-state index in [0.29, 0.717) is 11.3 Å². The van der Waals surface area contributed by atoms with E-state index in [1.54, 1.807) is 35.1 Å². The number of carbonyl (C=O) groups excluding carboxylic acids is 1. The molecule has 0 aliphatic carbocycles. The maximum absolute atomic E-state index is 13.5. The third-order valence-electron chi connectivity index (χ3n) is 5.86. The van der Waals surface area contributed by atoms with Gasteiger partial charge in [-0.1, -0.05) is 60.7 Å². The van der Waals surface area contributed by atoms with Crippen LogP contribution in [0.15, 0.2) is 91.1 Å². The van der Waals surface area contributed by atoms with Crippen molar-refractivity contribution in [2.75, 3.05) is 14.2 Å². The lowest BCUT2D eigenvalue weighted by molar-refractivity contribution is -0.345. The van der Waals surface area contributed by atoms with Crippen LogP contribution in [0.5, 0.6) is 5.75 Å². The summed E-state index contributed by atoms with van der Waals surface area (Å²) >= 11 is 0. The van der Waals surface area contributed by atoms with Crippen LogP contribution in [0.25, 0.3) is 16.9 Å². The maximum Gasteiger partial charge on any atom is 0.304 e. The molecule has 166 valence electrons. The molecule has 2 atom stereocenters. The lowest BCUT2D eigenvalue weighted by atomic mass is 9.86. The summed E-state index contributed by atoms with van der Waals surface area (Å²) < 4.78 is 19.2. The van der Waals surface area contributed by atoms with E-state index in [1.807, 2.05) is 60.7 Å². The van der Waals surface area contributed by atoms with Crippen LogP contribution < -0.4 is 4.74 Å². The minimum absolute atomic E-state index is 0.200. The Balaban J connectivity index is 1.81. The van der Waals surface area contributed by atoms with Crippen molar-refractivity contribution in [3.05, 3.63) is 102 Å². The SMILES string of the molecule is COC1(O)C(=O)c2ccccc2OC1(OC)c1cn(-c2ccccc2)nc1-c1ccccc1. The molecule has 0 saturated heterocycles. The van der Waals surface area contributed by atoms with Gasteiger partial charge in [0.1, 0.15) is 11.4 Å². The van der Waals surface area contributed by atoms with E-state index >= 15 is 0 Å². The molecule has 0 amide bonds. The molecule has 2 heterocycles. The first-order valence-corrected chi connectivity index (χ1v) is 10.4. The molecule has 7 nitrogen and oxygen atoms in total. The topological polar surface area (TPSA) is 82.8 Å². The van der Waals surface area contributed by atoms with Gasteiger partial charge in [0.05, 0.1) is 16.8 Å². The van der Waals surface area contributed by atoms with Gasteiger partial charge in [0.2, 0.25) is 5.78 Å². The summed E-state index contributed by atoms with van der Waals surface area (Å²) in [6.07, 6.45) is 1.69. The Kier molecular flexibility index (Phi) is 5.09. The van der Waals surface area contributed by atoms with Gasteiger partial charge in [-0.3, -0.25) is 4.79 Å². The number of para-hydroxylation sites is 2. The summed E-state index contributed by atoms with van der Waals surface area (Å²) in [7, 11) is 2.60. The first-order valence-electron chi connectivity index (χ1n) is 10.4. The van der Waals surface area contributed by atoms with Gasteiger partial charge in [-0.05, 0) is 24.3 Å². The van der Waals surface area contributed by atoms with E-state index in [9.17, 15) is 9.90 Å². The number of benzene rings is 3. The average Bonchev–Trinajstić information content (AvgIpc) is 3.33. The van der Waals surface area contributed by atoms with Gasteiger partial charge < -0.3 is 19.3 Å². The number of hydrogen-bond acceptors (Lipinski definition) is 6. The van der Waals surface area contributed by atoms with Gasteiger partial charge in [-0.15, -0.1) is 0 Å². The molecule has 33 heavy (non-hydrogen) atoms. The molecule has 0 fully saturated rings. The molecular weight excluding hydrogens is 420 g/mol. The van der Waals surface area contributed by atoms with Crippen molar-refractivity contribution in [2.24, 2.45) is 0 Å². The molecule has 0 spiro atoms. The molecule has 3 aromatic carbocycles. The van der Waals surface area contributed by atoms with Crippen molar-refractivity contribution in [3.63, 3.8) is 0 Å². The largest absolute Gasteiger partial charge is 0.451 e. The lowest BCUT2D eigenvalue weighted by Crippen LogP contribution is -2.64. The highest BCUT2D eigenvalue weighted by atomic mass is 16.8. The minimum atomic E-state index is -2.47. The monoisotopic (exact) mass is 442 g/mol. The average molecular weight is 442 g/mol. The van der Waals surface area contributed by atoms with Crippen molar-refractivity contribution in [3.8, 4) is 22.7 Å². The van der Waals surface area contributed by atoms with Crippen LogP contribution in [0.4, 0.5) is 0 Å². The summed E-state index contributed by atoms with van der Waals surface area (Å²) in [5.41, 5.74) is 2.56. The molecule has 7 heteroatoms. The standard InChI is InChI=1S/C26H22N2O5/c1-31-25(30)24(29)20-15-9-10-16-22(20)33-26(25,32-2)21-17-28(19-13-7-4-8-14-19)27-23(21)18-11-5-3-6-12-18/h3-17,30H,1-2H3. The Morgan fingerprint density at radius 1 is 0.879 bits per heavy atom. The lowest BCUT2D eigenvalue weighted by Gasteiger charge is -2.46. The molecule has 1 N–H and O–H groups in total. The highest BCUT2D eigenvalue weighted by Crippen LogP contribution is 2.49. The van der Waals surface area contributed by atoms with E-state index in [2.05, 4.69) is 0 Å². The van der Waals surface area contributed by atoms with Crippen LogP contribution in [0.2, 0.25) is 0 Å². The smallest absolute Gasteiger partial charge is 0.304 e. The number of aliphatic hydroxyl groups is 1. The highest BCUT2D eigenvalue weighted by molar-refractivity contribution is 6.05. The molecular formula is C26H22N2O5. The zero-order valence-corrected chi connectivity index (χ0v) is 18.1. The first kappa shape index (κ1) is 21.1. The second-order valence-electron chi connectivity index (χ2n) is 7.63. The van der Waals surface area contributed by atoms with E-state index in [0.717, 1.165) is 11.3 Å².